The summed E-state index contributed by atoms with van der Waals surface area (Å²) in [5, 5.41) is 9.61. The van der Waals surface area contributed by atoms with E-state index >= 15 is 0 Å². The van der Waals surface area contributed by atoms with E-state index in [1.165, 1.54) is 17.0 Å². The van der Waals surface area contributed by atoms with Gasteiger partial charge in [-0.2, -0.15) is 22.7 Å². The predicted octanol–water partition coefficient (Wildman–Crippen LogP) is 3.97. The second kappa shape index (κ2) is 10.3. The maximum atomic E-state index is 13.3. The van der Waals surface area contributed by atoms with Gasteiger partial charge >= 0.3 is 6.18 Å². The van der Waals surface area contributed by atoms with Gasteiger partial charge in [0.1, 0.15) is 11.6 Å². The van der Waals surface area contributed by atoms with Crippen molar-refractivity contribution in [3.05, 3.63) is 58.4 Å². The smallest absolute Gasteiger partial charge is 0.349 e. The van der Waals surface area contributed by atoms with Gasteiger partial charge in [-0.25, -0.2) is 8.42 Å². The van der Waals surface area contributed by atoms with E-state index < -0.39 is 32.6 Å². The molecule has 1 aliphatic heterocycles. The maximum Gasteiger partial charge on any atom is 0.417 e. The molecule has 11 heteroatoms. The number of hydrogen-bond acceptors (Lipinski definition) is 4. The number of alkyl halides is 3. The van der Waals surface area contributed by atoms with E-state index in [1.807, 2.05) is 26.0 Å². The minimum Gasteiger partial charge on any atom is -0.349 e. The molecule has 188 valence electrons. The first-order chi connectivity index (χ1) is 16.4. The molecule has 3 rings (SSSR count). The highest BCUT2D eigenvalue weighted by Gasteiger charge is 2.40. The Labute approximate surface area is 203 Å². The van der Waals surface area contributed by atoms with Crippen LogP contribution in [0.4, 0.5) is 13.2 Å². The maximum absolute atomic E-state index is 13.3. The number of rotatable bonds is 6. The Balaban J connectivity index is 1.78. The zero-order valence-corrected chi connectivity index (χ0v) is 20.6. The van der Waals surface area contributed by atoms with Crippen molar-refractivity contribution in [2.45, 2.75) is 44.8 Å². The van der Waals surface area contributed by atoms with E-state index in [2.05, 4.69) is 11.5 Å². The van der Waals surface area contributed by atoms with Crippen molar-refractivity contribution in [3.63, 3.8) is 0 Å². The Morgan fingerprint density at radius 2 is 1.77 bits per heavy atom. The average molecular weight is 509 g/mol. The van der Waals surface area contributed by atoms with Gasteiger partial charge in [-0.1, -0.05) is 19.1 Å². The van der Waals surface area contributed by atoms with Gasteiger partial charge in [0.15, 0.2) is 0 Å². The number of aryl methyl sites for hydroxylation is 1. The third kappa shape index (κ3) is 5.44. The van der Waals surface area contributed by atoms with E-state index in [0.717, 1.165) is 52.4 Å². The van der Waals surface area contributed by atoms with Crippen LogP contribution in [0.15, 0.2) is 40.8 Å². The van der Waals surface area contributed by atoms with Crippen molar-refractivity contribution in [2.75, 3.05) is 26.2 Å². The number of amides is 1. The minimum absolute atomic E-state index is 0.0415. The van der Waals surface area contributed by atoms with Crippen LogP contribution < -0.4 is 0 Å². The van der Waals surface area contributed by atoms with Crippen LogP contribution in [0.25, 0.3) is 6.08 Å². The van der Waals surface area contributed by atoms with Crippen LogP contribution in [0.1, 0.15) is 35.9 Å². The molecule has 0 unspecified atom stereocenters. The van der Waals surface area contributed by atoms with Gasteiger partial charge in [-0.05, 0) is 50.1 Å². The fourth-order valence-corrected chi connectivity index (χ4v) is 5.84. The molecular formula is C24H27F3N4O3S. The number of benzene rings is 1. The minimum atomic E-state index is -4.82. The van der Waals surface area contributed by atoms with Crippen molar-refractivity contribution < 1.29 is 26.4 Å². The fourth-order valence-electron chi connectivity index (χ4n) is 4.21. The quantitative estimate of drug-likeness (QED) is 0.437. The summed E-state index contributed by atoms with van der Waals surface area (Å²) >= 11 is 0. The Kier molecular flexibility index (Phi) is 7.77. The summed E-state index contributed by atoms with van der Waals surface area (Å²) in [5.74, 6) is -0.541. The van der Waals surface area contributed by atoms with Gasteiger partial charge in [-0.15, -0.1) is 0 Å². The van der Waals surface area contributed by atoms with E-state index in [1.54, 1.807) is 0 Å². The number of nitrogens with zero attached hydrogens (tertiary/aromatic N) is 4. The Bertz CT molecular complexity index is 1280. The average Bonchev–Trinajstić information content (AvgIpc) is 3.09. The highest BCUT2D eigenvalue weighted by Crippen LogP contribution is 2.35. The Hall–Kier alpha value is -3.10. The Morgan fingerprint density at radius 3 is 2.34 bits per heavy atom. The lowest BCUT2D eigenvalue weighted by Gasteiger charge is -2.34. The molecule has 1 aromatic heterocycles. The van der Waals surface area contributed by atoms with Gasteiger partial charge in [0.25, 0.3) is 5.91 Å². The molecule has 0 spiro atoms. The van der Waals surface area contributed by atoms with Crippen molar-refractivity contribution in [3.8, 4) is 6.07 Å². The van der Waals surface area contributed by atoms with Gasteiger partial charge in [0, 0.05) is 44.1 Å². The molecule has 0 bridgehead atoms. The second-order valence-corrected chi connectivity index (χ2v) is 10.2. The topological polar surface area (TPSA) is 86.4 Å². The molecule has 2 aromatic rings. The van der Waals surface area contributed by atoms with Crippen LogP contribution >= 0.6 is 0 Å². The molecule has 1 aliphatic rings. The largest absolute Gasteiger partial charge is 0.417 e. The third-order valence-corrected chi connectivity index (χ3v) is 8.00. The zero-order valence-electron chi connectivity index (χ0n) is 19.8. The van der Waals surface area contributed by atoms with E-state index in [4.69, 9.17) is 0 Å². The number of aromatic nitrogens is 1. The predicted molar refractivity (Wildman–Crippen MR) is 125 cm³/mol. The van der Waals surface area contributed by atoms with Crippen LogP contribution in [0, 0.1) is 25.2 Å². The van der Waals surface area contributed by atoms with Gasteiger partial charge in [0.2, 0.25) is 10.0 Å². The number of piperazine rings is 1. The van der Waals surface area contributed by atoms with Gasteiger partial charge in [-0.3, -0.25) is 4.79 Å². The van der Waals surface area contributed by atoms with Crippen molar-refractivity contribution in [2.24, 2.45) is 0 Å². The van der Waals surface area contributed by atoms with Crippen molar-refractivity contribution in [1.29, 1.82) is 5.26 Å². The summed E-state index contributed by atoms with van der Waals surface area (Å²) in [6, 6.07) is 7.87. The second-order valence-electron chi connectivity index (χ2n) is 8.34. The highest BCUT2D eigenvalue weighted by atomic mass is 32.2. The molecule has 2 heterocycles. The third-order valence-electron chi connectivity index (χ3n) is 6.05. The van der Waals surface area contributed by atoms with Gasteiger partial charge in [0.05, 0.1) is 10.5 Å². The van der Waals surface area contributed by atoms with Crippen molar-refractivity contribution >= 4 is 22.0 Å². The molecule has 0 aliphatic carbocycles. The van der Waals surface area contributed by atoms with Crippen LogP contribution in [0.2, 0.25) is 0 Å². The van der Waals surface area contributed by atoms with E-state index in [0.29, 0.717) is 0 Å². The molecule has 0 atom stereocenters. The Morgan fingerprint density at radius 1 is 1.14 bits per heavy atom. The lowest BCUT2D eigenvalue weighted by atomic mass is 10.1. The molecule has 0 N–H and O–H groups in total. The first-order valence-corrected chi connectivity index (χ1v) is 12.6. The number of hydrogen-bond donors (Lipinski definition) is 0. The summed E-state index contributed by atoms with van der Waals surface area (Å²) in [6.07, 6.45) is -2.36. The summed E-state index contributed by atoms with van der Waals surface area (Å²) in [5.41, 5.74) is 1.39. The monoisotopic (exact) mass is 508 g/mol. The normalized spacial score (nSPS) is 15.8. The van der Waals surface area contributed by atoms with Crippen LogP contribution in [-0.4, -0.2) is 54.3 Å². The first kappa shape index (κ1) is 26.5. The standard InChI is InChI=1S/C24H27F3N4O3S/c1-4-9-31-17(2)14-19(18(31)3)15-20(16-28)23(32)29-10-12-30(13-11-29)35(33,34)22-8-6-5-7-21(22)24(25,26)27/h5-8,14-15H,4,9-13H2,1-3H3. The van der Waals surface area contributed by atoms with Crippen molar-refractivity contribution in [1.82, 2.24) is 13.8 Å². The highest BCUT2D eigenvalue weighted by molar-refractivity contribution is 7.89. The molecule has 35 heavy (non-hydrogen) atoms. The molecule has 7 nitrogen and oxygen atoms in total. The molecule has 1 aromatic carbocycles. The number of carbonyl (C=O) groups is 1. The summed E-state index contributed by atoms with van der Waals surface area (Å²) < 4.78 is 69.0. The molecule has 1 amide bonds. The summed E-state index contributed by atoms with van der Waals surface area (Å²) in [6.45, 7) is 6.30. The lowest BCUT2D eigenvalue weighted by Crippen LogP contribution is -2.51. The fraction of sp³-hybridized carbons (Fsp3) is 0.417. The van der Waals surface area contributed by atoms with Crippen LogP contribution in [0.3, 0.4) is 0 Å². The molecule has 1 fully saturated rings. The summed E-state index contributed by atoms with van der Waals surface area (Å²) in [4.78, 5) is 13.5. The molecular weight excluding hydrogens is 481 g/mol. The molecule has 0 saturated carbocycles. The van der Waals surface area contributed by atoms with Crippen LogP contribution in [-0.2, 0) is 27.5 Å². The number of carbonyl (C=O) groups excluding carboxylic acids is 1. The van der Waals surface area contributed by atoms with Gasteiger partial charge < -0.3 is 9.47 Å². The number of halogens is 3. The molecule has 0 radical (unpaired) electrons. The lowest BCUT2D eigenvalue weighted by molar-refractivity contribution is -0.139. The van der Waals surface area contributed by atoms with Crippen LogP contribution in [0.5, 0.6) is 0 Å². The molecule has 1 saturated heterocycles. The zero-order chi connectivity index (χ0) is 26.0. The number of sulfonamides is 1. The number of nitriles is 1. The van der Waals surface area contributed by atoms with E-state index in [-0.39, 0.29) is 31.8 Å². The SMILES string of the molecule is CCCn1c(C)cc(C=C(C#N)C(=O)N2CCN(S(=O)(=O)c3ccccc3C(F)(F)F)CC2)c1C. The summed E-state index contributed by atoms with van der Waals surface area (Å²) in [7, 11) is -4.42. The first-order valence-electron chi connectivity index (χ1n) is 11.2. The van der Waals surface area contributed by atoms with E-state index in [9.17, 15) is 31.6 Å².